The lowest BCUT2D eigenvalue weighted by atomic mass is 10.1. The van der Waals surface area contributed by atoms with E-state index in [4.69, 9.17) is 11.6 Å². The largest absolute Gasteiger partial charge is 0.416 e. The summed E-state index contributed by atoms with van der Waals surface area (Å²) in [6.07, 6.45) is -4.63. The molecule has 2 aromatic carbocycles. The minimum atomic E-state index is -4.63. The lowest BCUT2D eigenvalue weighted by molar-refractivity contribution is -0.137. The first-order valence-electron chi connectivity index (χ1n) is 9.57. The van der Waals surface area contributed by atoms with E-state index in [1.807, 2.05) is 19.1 Å². The van der Waals surface area contributed by atoms with Crippen molar-refractivity contribution in [3.63, 3.8) is 0 Å². The smallest absolute Gasteiger partial charge is 0.323 e. The van der Waals surface area contributed by atoms with Gasteiger partial charge in [0, 0.05) is 12.5 Å². The molecule has 0 aliphatic heterocycles. The Morgan fingerprint density at radius 1 is 1.03 bits per heavy atom. The Kier molecular flexibility index (Phi) is 6.87. The second-order valence-corrected chi connectivity index (χ2v) is 7.60. The van der Waals surface area contributed by atoms with E-state index in [-0.39, 0.29) is 16.4 Å². The van der Waals surface area contributed by atoms with E-state index < -0.39 is 35.7 Å². The standard InChI is InChI=1S/C22H18ClF3N4O3/c1-12-3-5-14(6-4-12)17-10-19(27-13(2)31)21(33)30(29-17)11-20(32)28-18-9-15(22(24,25)26)7-8-16(18)23/h3-10H,11H2,1-2H3,(H,27,31)(H,28,32). The number of nitrogens with zero attached hydrogens (tertiary/aromatic N) is 2. The average molecular weight is 479 g/mol. The van der Waals surface area contributed by atoms with Crippen LogP contribution in [-0.4, -0.2) is 21.6 Å². The Hall–Kier alpha value is -3.66. The van der Waals surface area contributed by atoms with Crippen molar-refractivity contribution in [2.75, 3.05) is 10.6 Å². The molecule has 0 aliphatic rings. The maximum atomic E-state index is 13.0. The number of aryl methyl sites for hydroxylation is 1. The molecule has 0 atom stereocenters. The molecule has 0 aliphatic carbocycles. The first-order chi connectivity index (χ1) is 15.4. The second-order valence-electron chi connectivity index (χ2n) is 7.19. The molecule has 0 saturated carbocycles. The first kappa shape index (κ1) is 24.0. The van der Waals surface area contributed by atoms with Gasteiger partial charge in [-0.2, -0.15) is 18.3 Å². The van der Waals surface area contributed by atoms with Crippen LogP contribution in [-0.2, 0) is 22.3 Å². The van der Waals surface area contributed by atoms with Crippen molar-refractivity contribution < 1.29 is 22.8 Å². The van der Waals surface area contributed by atoms with E-state index >= 15 is 0 Å². The fraction of sp³-hybridized carbons (Fsp3) is 0.182. The van der Waals surface area contributed by atoms with Crippen LogP contribution in [0.3, 0.4) is 0 Å². The van der Waals surface area contributed by atoms with Gasteiger partial charge in [0.2, 0.25) is 11.8 Å². The topological polar surface area (TPSA) is 93.1 Å². The summed E-state index contributed by atoms with van der Waals surface area (Å²) < 4.78 is 39.7. The molecule has 0 fully saturated rings. The SMILES string of the molecule is CC(=O)Nc1cc(-c2ccc(C)cc2)nn(CC(=O)Nc2cc(C(F)(F)F)ccc2Cl)c1=O. The predicted molar refractivity (Wildman–Crippen MR) is 118 cm³/mol. The molecule has 2 N–H and O–H groups in total. The first-order valence-corrected chi connectivity index (χ1v) is 9.95. The van der Waals surface area contributed by atoms with Gasteiger partial charge in [-0.3, -0.25) is 14.4 Å². The van der Waals surface area contributed by atoms with Gasteiger partial charge in [-0.1, -0.05) is 41.4 Å². The molecule has 0 unspecified atom stereocenters. The molecular weight excluding hydrogens is 461 g/mol. The zero-order valence-corrected chi connectivity index (χ0v) is 18.2. The third-order valence-corrected chi connectivity index (χ3v) is 4.82. The summed E-state index contributed by atoms with van der Waals surface area (Å²) in [6.45, 7) is 2.49. The summed E-state index contributed by atoms with van der Waals surface area (Å²) in [5, 5.41) is 8.74. The van der Waals surface area contributed by atoms with E-state index in [0.29, 0.717) is 17.3 Å². The van der Waals surface area contributed by atoms with Gasteiger partial charge in [0.1, 0.15) is 12.2 Å². The van der Waals surface area contributed by atoms with Crippen LogP contribution in [0.15, 0.2) is 53.3 Å². The maximum absolute atomic E-state index is 13.0. The normalized spacial score (nSPS) is 11.2. The maximum Gasteiger partial charge on any atom is 0.416 e. The van der Waals surface area contributed by atoms with E-state index in [9.17, 15) is 27.6 Å². The van der Waals surface area contributed by atoms with E-state index in [1.54, 1.807) is 12.1 Å². The molecule has 0 bridgehead atoms. The number of rotatable bonds is 5. The number of alkyl halides is 3. The molecule has 11 heteroatoms. The van der Waals surface area contributed by atoms with Crippen molar-refractivity contribution >= 4 is 34.8 Å². The minimum absolute atomic E-state index is 0.0991. The molecule has 172 valence electrons. The van der Waals surface area contributed by atoms with Crippen molar-refractivity contribution in [2.24, 2.45) is 0 Å². The van der Waals surface area contributed by atoms with Crippen LogP contribution in [0.25, 0.3) is 11.3 Å². The fourth-order valence-corrected chi connectivity index (χ4v) is 3.08. The third-order valence-electron chi connectivity index (χ3n) is 4.49. The summed E-state index contributed by atoms with van der Waals surface area (Å²) in [4.78, 5) is 36.8. The van der Waals surface area contributed by atoms with Crippen molar-refractivity contribution in [1.29, 1.82) is 0 Å². The van der Waals surface area contributed by atoms with Gasteiger partial charge in [0.15, 0.2) is 0 Å². The van der Waals surface area contributed by atoms with Crippen molar-refractivity contribution in [2.45, 2.75) is 26.6 Å². The average Bonchev–Trinajstić information content (AvgIpc) is 2.72. The summed E-state index contributed by atoms with van der Waals surface area (Å²) >= 11 is 5.91. The Bertz CT molecular complexity index is 1270. The van der Waals surface area contributed by atoms with Gasteiger partial charge in [-0.05, 0) is 31.2 Å². The number of benzene rings is 2. The van der Waals surface area contributed by atoms with Gasteiger partial charge in [-0.15, -0.1) is 0 Å². The molecule has 1 heterocycles. The van der Waals surface area contributed by atoms with Crippen LogP contribution in [0.2, 0.25) is 5.02 Å². The van der Waals surface area contributed by atoms with Crippen LogP contribution < -0.4 is 16.2 Å². The molecule has 3 rings (SSSR count). The number of hydrogen-bond donors (Lipinski definition) is 2. The molecule has 2 amide bonds. The monoisotopic (exact) mass is 478 g/mol. The van der Waals surface area contributed by atoms with E-state index in [2.05, 4.69) is 15.7 Å². The molecule has 33 heavy (non-hydrogen) atoms. The Morgan fingerprint density at radius 2 is 1.70 bits per heavy atom. The van der Waals surface area contributed by atoms with Gasteiger partial charge < -0.3 is 10.6 Å². The lowest BCUT2D eigenvalue weighted by Crippen LogP contribution is -2.32. The molecule has 1 aromatic heterocycles. The minimum Gasteiger partial charge on any atom is -0.323 e. The van der Waals surface area contributed by atoms with Crippen LogP contribution in [0.1, 0.15) is 18.1 Å². The van der Waals surface area contributed by atoms with Gasteiger partial charge in [0.25, 0.3) is 5.56 Å². The number of aromatic nitrogens is 2. The van der Waals surface area contributed by atoms with E-state index in [0.717, 1.165) is 22.4 Å². The molecule has 7 nitrogen and oxygen atoms in total. The molecule has 0 spiro atoms. The lowest BCUT2D eigenvalue weighted by Gasteiger charge is -2.13. The number of hydrogen-bond acceptors (Lipinski definition) is 4. The van der Waals surface area contributed by atoms with Crippen LogP contribution in [0, 0.1) is 6.92 Å². The Labute approximate surface area is 191 Å². The van der Waals surface area contributed by atoms with Crippen LogP contribution in [0.5, 0.6) is 0 Å². The zero-order chi connectivity index (χ0) is 24.3. The number of amides is 2. The highest BCUT2D eigenvalue weighted by Gasteiger charge is 2.31. The molecular formula is C22H18ClF3N4O3. The summed E-state index contributed by atoms with van der Waals surface area (Å²) in [5.74, 6) is -1.33. The zero-order valence-electron chi connectivity index (χ0n) is 17.5. The third kappa shape index (κ3) is 5.98. The van der Waals surface area contributed by atoms with Crippen molar-refractivity contribution in [3.05, 3.63) is 75.0 Å². The second kappa shape index (κ2) is 9.45. The summed E-state index contributed by atoms with van der Waals surface area (Å²) in [6, 6.07) is 11.0. The Balaban J connectivity index is 1.94. The highest BCUT2D eigenvalue weighted by Crippen LogP contribution is 2.33. The quantitative estimate of drug-likeness (QED) is 0.565. The van der Waals surface area contributed by atoms with Crippen LogP contribution in [0.4, 0.5) is 24.5 Å². The summed E-state index contributed by atoms with van der Waals surface area (Å²) in [5.41, 5.74) is -0.186. The van der Waals surface area contributed by atoms with Crippen LogP contribution >= 0.6 is 11.6 Å². The fourth-order valence-electron chi connectivity index (χ4n) is 2.92. The number of nitrogens with one attached hydrogen (secondary N) is 2. The predicted octanol–water partition coefficient (Wildman–Crippen LogP) is 4.49. The number of carbonyl (C=O) groups is 2. The highest BCUT2D eigenvalue weighted by atomic mass is 35.5. The highest BCUT2D eigenvalue weighted by molar-refractivity contribution is 6.33. The van der Waals surface area contributed by atoms with Gasteiger partial charge >= 0.3 is 6.18 Å². The number of carbonyl (C=O) groups excluding carboxylic acids is 2. The molecule has 0 saturated heterocycles. The van der Waals surface area contributed by atoms with Gasteiger partial charge in [0.05, 0.1) is 22.0 Å². The van der Waals surface area contributed by atoms with Crippen molar-refractivity contribution in [3.8, 4) is 11.3 Å². The van der Waals surface area contributed by atoms with Gasteiger partial charge in [-0.25, -0.2) is 4.68 Å². The molecule has 3 aromatic rings. The summed E-state index contributed by atoms with van der Waals surface area (Å²) in [7, 11) is 0. The molecule has 0 radical (unpaired) electrons. The van der Waals surface area contributed by atoms with E-state index in [1.165, 1.54) is 13.0 Å². The Morgan fingerprint density at radius 3 is 2.30 bits per heavy atom. The van der Waals surface area contributed by atoms with Crippen molar-refractivity contribution in [1.82, 2.24) is 9.78 Å². The number of halogens is 4. The number of anilines is 2.